The van der Waals surface area contributed by atoms with Gasteiger partial charge in [-0.3, -0.25) is 9.78 Å². The van der Waals surface area contributed by atoms with Gasteiger partial charge < -0.3 is 10.0 Å². The molecule has 106 valence electrons. The van der Waals surface area contributed by atoms with Crippen LogP contribution in [0.15, 0.2) is 36.7 Å². The van der Waals surface area contributed by atoms with E-state index in [4.69, 9.17) is 5.11 Å². The summed E-state index contributed by atoms with van der Waals surface area (Å²) in [7, 11) is 0. The van der Waals surface area contributed by atoms with Crippen LogP contribution in [0.1, 0.15) is 27.0 Å². The highest BCUT2D eigenvalue weighted by Crippen LogP contribution is 2.31. The maximum Gasteiger partial charge on any atom is 0.335 e. The van der Waals surface area contributed by atoms with E-state index >= 15 is 0 Å². The molecule has 5 heteroatoms. The number of hydrogen-bond donors (Lipinski definition) is 1. The molecular weight excluding hydrogens is 268 g/mol. The van der Waals surface area contributed by atoms with Crippen LogP contribution in [0.3, 0.4) is 0 Å². The topological polar surface area (TPSA) is 70.5 Å². The molecule has 0 unspecified atom stereocenters. The lowest BCUT2D eigenvalue weighted by Gasteiger charge is -2.17. The number of carbonyl (C=O) groups is 2. The minimum atomic E-state index is -0.980. The third-order valence-electron chi connectivity index (χ3n) is 3.53. The molecular formula is C16H14N2O3. The van der Waals surface area contributed by atoms with Crippen LogP contribution in [-0.4, -0.2) is 22.0 Å². The number of carboxylic acids is 1. The number of anilines is 1. The normalized spacial score (nSPS) is 13.4. The first-order valence-corrected chi connectivity index (χ1v) is 6.62. The highest BCUT2D eigenvalue weighted by molar-refractivity contribution is 6.02. The lowest BCUT2D eigenvalue weighted by Crippen LogP contribution is -2.26. The summed E-state index contributed by atoms with van der Waals surface area (Å²) in [4.78, 5) is 29.0. The van der Waals surface area contributed by atoms with E-state index in [1.807, 2.05) is 13.0 Å². The van der Waals surface area contributed by atoms with Crippen LogP contribution >= 0.6 is 0 Å². The van der Waals surface area contributed by atoms with E-state index in [9.17, 15) is 9.59 Å². The second-order valence-corrected chi connectivity index (χ2v) is 5.18. The van der Waals surface area contributed by atoms with E-state index in [0.29, 0.717) is 6.54 Å². The number of nitrogens with zero attached hydrogens (tertiary/aromatic N) is 2. The summed E-state index contributed by atoms with van der Waals surface area (Å²) in [6.07, 6.45) is 3.75. The number of carbonyl (C=O) groups excluding carboxylic acids is 1. The average Bonchev–Trinajstić information content (AvgIpc) is 2.74. The predicted molar refractivity (Wildman–Crippen MR) is 77.3 cm³/mol. The van der Waals surface area contributed by atoms with Crippen molar-refractivity contribution in [3.63, 3.8) is 0 Å². The molecule has 1 aromatic heterocycles. The molecule has 0 saturated carbocycles. The highest BCUT2D eigenvalue weighted by atomic mass is 16.4. The third-order valence-corrected chi connectivity index (χ3v) is 3.53. The quantitative estimate of drug-likeness (QED) is 0.936. The maximum absolute atomic E-state index is 12.2. The predicted octanol–water partition coefficient (Wildman–Crippen LogP) is 2.18. The number of fused-ring (bicyclic) bond motifs is 1. The second-order valence-electron chi connectivity index (χ2n) is 5.18. The van der Waals surface area contributed by atoms with Gasteiger partial charge in [0.05, 0.1) is 18.5 Å². The molecule has 0 saturated heterocycles. The van der Waals surface area contributed by atoms with E-state index in [1.165, 1.54) is 6.07 Å². The summed E-state index contributed by atoms with van der Waals surface area (Å²) >= 11 is 0. The van der Waals surface area contributed by atoms with E-state index in [2.05, 4.69) is 4.98 Å². The van der Waals surface area contributed by atoms with Gasteiger partial charge in [-0.25, -0.2) is 4.79 Å². The van der Waals surface area contributed by atoms with Crippen molar-refractivity contribution in [2.45, 2.75) is 19.9 Å². The molecule has 5 nitrogen and oxygen atoms in total. The molecule has 1 aliphatic rings. The van der Waals surface area contributed by atoms with Gasteiger partial charge in [-0.1, -0.05) is 6.07 Å². The van der Waals surface area contributed by atoms with Gasteiger partial charge in [-0.15, -0.1) is 0 Å². The van der Waals surface area contributed by atoms with Crippen molar-refractivity contribution in [3.05, 3.63) is 58.9 Å². The molecule has 1 amide bonds. The Labute approximate surface area is 121 Å². The van der Waals surface area contributed by atoms with Crippen molar-refractivity contribution in [3.8, 4) is 0 Å². The van der Waals surface area contributed by atoms with Crippen LogP contribution in [0.4, 0.5) is 5.69 Å². The summed E-state index contributed by atoms with van der Waals surface area (Å²) in [6.45, 7) is 2.41. The minimum absolute atomic E-state index is 0.0194. The molecule has 1 aromatic carbocycles. The van der Waals surface area contributed by atoms with Crippen LogP contribution in [0.5, 0.6) is 0 Å². The summed E-state index contributed by atoms with van der Waals surface area (Å²) in [5.74, 6) is -0.999. The molecule has 0 atom stereocenters. The van der Waals surface area contributed by atoms with E-state index in [-0.39, 0.29) is 17.9 Å². The molecule has 0 bridgehead atoms. The van der Waals surface area contributed by atoms with Crippen LogP contribution in [0.25, 0.3) is 0 Å². The molecule has 2 aromatic rings. The number of hydrogen-bond acceptors (Lipinski definition) is 3. The molecule has 21 heavy (non-hydrogen) atoms. The van der Waals surface area contributed by atoms with Crippen LogP contribution in [-0.2, 0) is 17.8 Å². The smallest absolute Gasteiger partial charge is 0.335 e. The number of benzene rings is 1. The lowest BCUT2D eigenvalue weighted by atomic mass is 10.1. The van der Waals surface area contributed by atoms with Gasteiger partial charge in [0.1, 0.15) is 0 Å². The summed E-state index contributed by atoms with van der Waals surface area (Å²) < 4.78 is 0. The molecule has 2 heterocycles. The number of pyridine rings is 1. The molecule has 1 N–H and O–H groups in total. The molecule has 3 rings (SSSR count). The molecule has 1 aliphatic heterocycles. The zero-order chi connectivity index (χ0) is 15.0. The molecule has 0 spiro atoms. The first-order valence-electron chi connectivity index (χ1n) is 6.62. The fourth-order valence-corrected chi connectivity index (χ4v) is 2.58. The van der Waals surface area contributed by atoms with Gasteiger partial charge in [0, 0.05) is 18.1 Å². The maximum atomic E-state index is 12.2. The van der Waals surface area contributed by atoms with Crippen LogP contribution in [0.2, 0.25) is 0 Å². The summed E-state index contributed by atoms with van der Waals surface area (Å²) in [6, 6.07) is 6.79. The third kappa shape index (κ3) is 2.50. The number of rotatable bonds is 3. The zero-order valence-electron chi connectivity index (χ0n) is 11.5. The number of aromatic carboxylic acids is 1. The van der Waals surface area contributed by atoms with Crippen LogP contribution < -0.4 is 4.90 Å². The monoisotopic (exact) mass is 282 g/mol. The van der Waals surface area contributed by atoms with Gasteiger partial charge in [0.25, 0.3) is 0 Å². The van der Waals surface area contributed by atoms with E-state index in [1.54, 1.807) is 29.4 Å². The fourth-order valence-electron chi connectivity index (χ4n) is 2.58. The molecule has 0 radical (unpaired) electrons. The Morgan fingerprint density at radius 1 is 1.33 bits per heavy atom. The van der Waals surface area contributed by atoms with E-state index < -0.39 is 5.97 Å². The van der Waals surface area contributed by atoms with Crippen molar-refractivity contribution in [2.75, 3.05) is 4.90 Å². The Morgan fingerprint density at radius 2 is 2.14 bits per heavy atom. The minimum Gasteiger partial charge on any atom is -0.478 e. The van der Waals surface area contributed by atoms with Crippen molar-refractivity contribution in [2.24, 2.45) is 0 Å². The largest absolute Gasteiger partial charge is 0.478 e. The van der Waals surface area contributed by atoms with Gasteiger partial charge >= 0.3 is 5.97 Å². The zero-order valence-corrected chi connectivity index (χ0v) is 11.5. The Bertz CT molecular complexity index is 740. The Morgan fingerprint density at radius 3 is 2.86 bits per heavy atom. The lowest BCUT2D eigenvalue weighted by molar-refractivity contribution is -0.117. The Balaban J connectivity index is 1.92. The van der Waals surface area contributed by atoms with Gasteiger partial charge in [0.15, 0.2) is 0 Å². The van der Waals surface area contributed by atoms with Gasteiger partial charge in [-0.2, -0.15) is 0 Å². The van der Waals surface area contributed by atoms with Crippen molar-refractivity contribution in [1.29, 1.82) is 0 Å². The van der Waals surface area contributed by atoms with E-state index in [0.717, 1.165) is 22.4 Å². The number of aryl methyl sites for hydroxylation is 1. The number of aromatic nitrogens is 1. The summed E-state index contributed by atoms with van der Waals surface area (Å²) in [5.41, 5.74) is 3.76. The van der Waals surface area contributed by atoms with Crippen LogP contribution in [0, 0.1) is 6.92 Å². The Hall–Kier alpha value is -2.69. The highest BCUT2D eigenvalue weighted by Gasteiger charge is 2.28. The molecule has 0 aliphatic carbocycles. The Kier molecular flexibility index (Phi) is 3.17. The van der Waals surface area contributed by atoms with Crippen molar-refractivity contribution < 1.29 is 14.7 Å². The SMILES string of the molecule is Cc1cncc(CN2C(=O)Cc3cc(C(=O)O)ccc32)c1. The standard InChI is InChI=1S/C16H14N2O3/c1-10-4-11(8-17-7-10)9-18-14-3-2-12(16(20)21)5-13(14)6-15(18)19/h2-5,7-8H,6,9H2,1H3,(H,20,21). The van der Waals surface area contributed by atoms with Crippen molar-refractivity contribution >= 4 is 17.6 Å². The number of carboxylic acid groups (broad SMARTS) is 1. The fraction of sp³-hybridized carbons (Fsp3) is 0.188. The average molecular weight is 282 g/mol. The molecule has 0 fully saturated rings. The number of amides is 1. The first-order chi connectivity index (χ1) is 10.0. The van der Waals surface area contributed by atoms with Gasteiger partial charge in [-0.05, 0) is 41.8 Å². The van der Waals surface area contributed by atoms with Gasteiger partial charge in [0.2, 0.25) is 5.91 Å². The summed E-state index contributed by atoms with van der Waals surface area (Å²) in [5, 5.41) is 9.01. The van der Waals surface area contributed by atoms with Crippen molar-refractivity contribution in [1.82, 2.24) is 4.98 Å². The second kappa shape index (κ2) is 5.01. The first kappa shape index (κ1) is 13.3.